The minimum absolute atomic E-state index is 0.162. The van der Waals surface area contributed by atoms with Crippen LogP contribution in [-0.4, -0.2) is 12.7 Å². The smallest absolute Gasteiger partial charge is 0.184 e. The Labute approximate surface area is 91.2 Å². The van der Waals surface area contributed by atoms with Crippen LogP contribution >= 0.6 is 0 Å². The van der Waals surface area contributed by atoms with Crippen molar-refractivity contribution in [1.29, 1.82) is 0 Å². The van der Waals surface area contributed by atoms with Gasteiger partial charge in [0.25, 0.3) is 0 Å². The summed E-state index contributed by atoms with van der Waals surface area (Å²) in [5, 5.41) is 0. The van der Waals surface area contributed by atoms with Crippen LogP contribution < -0.4 is 0 Å². The topological polar surface area (TPSA) is 18.5 Å². The molecule has 0 bridgehead atoms. The average Bonchev–Trinajstić information content (AvgIpc) is 2.29. The van der Waals surface area contributed by atoms with Gasteiger partial charge in [0.05, 0.1) is 12.7 Å². The molecule has 1 fully saturated rings. The first-order chi connectivity index (χ1) is 7.31. The van der Waals surface area contributed by atoms with Crippen molar-refractivity contribution in [2.45, 2.75) is 39.1 Å². The van der Waals surface area contributed by atoms with Gasteiger partial charge in [-0.25, -0.2) is 0 Å². The lowest BCUT2D eigenvalue weighted by atomic mass is 10.0. The van der Waals surface area contributed by atoms with Crippen LogP contribution in [0.25, 0.3) is 0 Å². The predicted octanol–water partition coefficient (Wildman–Crippen LogP) is 3.07. The van der Waals surface area contributed by atoms with E-state index in [1.54, 1.807) is 0 Å². The van der Waals surface area contributed by atoms with Gasteiger partial charge in [0.1, 0.15) is 0 Å². The van der Waals surface area contributed by atoms with Crippen LogP contribution in [0.15, 0.2) is 24.3 Å². The Morgan fingerprint density at radius 2 is 2.13 bits per heavy atom. The zero-order valence-corrected chi connectivity index (χ0v) is 9.40. The largest absolute Gasteiger partial charge is 0.348 e. The molecule has 15 heavy (non-hydrogen) atoms. The summed E-state index contributed by atoms with van der Waals surface area (Å²) < 4.78 is 11.4. The Bertz CT molecular complexity index is 322. The molecule has 0 N–H and O–H groups in total. The highest BCUT2D eigenvalue weighted by atomic mass is 16.7. The van der Waals surface area contributed by atoms with Crippen molar-refractivity contribution in [1.82, 2.24) is 0 Å². The Kier molecular flexibility index (Phi) is 3.39. The number of benzene rings is 1. The molecule has 1 heterocycles. The summed E-state index contributed by atoms with van der Waals surface area (Å²) in [6.45, 7) is 5.05. The summed E-state index contributed by atoms with van der Waals surface area (Å²) in [6.07, 6.45) is 2.15. The molecule has 1 aliphatic rings. The molecule has 1 aromatic carbocycles. The van der Waals surface area contributed by atoms with Crippen molar-refractivity contribution < 1.29 is 9.47 Å². The second-order valence-corrected chi connectivity index (χ2v) is 3.99. The number of hydrogen-bond donors (Lipinski definition) is 0. The van der Waals surface area contributed by atoms with E-state index in [0.717, 1.165) is 19.4 Å². The summed E-state index contributed by atoms with van der Waals surface area (Å²) in [5.41, 5.74) is 2.50. The number of aryl methyl sites for hydroxylation is 1. The van der Waals surface area contributed by atoms with Crippen LogP contribution in [0.4, 0.5) is 0 Å². The van der Waals surface area contributed by atoms with Crippen molar-refractivity contribution >= 4 is 0 Å². The van der Waals surface area contributed by atoms with Gasteiger partial charge in [0.2, 0.25) is 0 Å². The van der Waals surface area contributed by atoms with Gasteiger partial charge in [-0.1, -0.05) is 31.2 Å². The fourth-order valence-electron chi connectivity index (χ4n) is 1.91. The second-order valence-electron chi connectivity index (χ2n) is 3.99. The van der Waals surface area contributed by atoms with Gasteiger partial charge >= 0.3 is 0 Å². The minimum atomic E-state index is -0.162. The molecule has 0 amide bonds. The van der Waals surface area contributed by atoms with Crippen LogP contribution in [0.5, 0.6) is 0 Å². The highest BCUT2D eigenvalue weighted by Gasteiger charge is 2.22. The first-order valence-electron chi connectivity index (χ1n) is 5.66. The SMILES string of the molecule is CCc1ccccc1C1OCCC(C)O1. The Morgan fingerprint density at radius 1 is 1.33 bits per heavy atom. The Balaban J connectivity index is 2.20. The monoisotopic (exact) mass is 206 g/mol. The van der Waals surface area contributed by atoms with Gasteiger partial charge in [0, 0.05) is 5.56 Å². The molecule has 2 unspecified atom stereocenters. The molecule has 0 spiro atoms. The lowest BCUT2D eigenvalue weighted by Crippen LogP contribution is -2.25. The summed E-state index contributed by atoms with van der Waals surface area (Å²) in [7, 11) is 0. The summed E-state index contributed by atoms with van der Waals surface area (Å²) in [6, 6.07) is 8.35. The standard InChI is InChI=1S/C13H18O2/c1-3-11-6-4-5-7-12(11)13-14-9-8-10(2)15-13/h4-7,10,13H,3,8-9H2,1-2H3. The molecule has 0 aromatic heterocycles. The molecule has 0 aliphatic carbocycles. The molecule has 2 atom stereocenters. The first-order valence-corrected chi connectivity index (χ1v) is 5.66. The van der Waals surface area contributed by atoms with Crippen molar-refractivity contribution in [2.75, 3.05) is 6.61 Å². The number of ether oxygens (including phenoxy) is 2. The van der Waals surface area contributed by atoms with E-state index >= 15 is 0 Å². The van der Waals surface area contributed by atoms with Crippen LogP contribution in [0.1, 0.15) is 37.7 Å². The maximum Gasteiger partial charge on any atom is 0.184 e. The number of hydrogen-bond acceptors (Lipinski definition) is 2. The zero-order chi connectivity index (χ0) is 10.7. The predicted molar refractivity (Wildman–Crippen MR) is 59.7 cm³/mol. The summed E-state index contributed by atoms with van der Waals surface area (Å²) >= 11 is 0. The van der Waals surface area contributed by atoms with Gasteiger partial charge in [0.15, 0.2) is 6.29 Å². The lowest BCUT2D eigenvalue weighted by Gasteiger charge is -2.29. The molecule has 0 saturated carbocycles. The second kappa shape index (κ2) is 4.77. The van der Waals surface area contributed by atoms with E-state index in [2.05, 4.69) is 32.0 Å². The molecule has 0 radical (unpaired) electrons. The molecular formula is C13H18O2. The maximum absolute atomic E-state index is 5.79. The first kappa shape index (κ1) is 10.7. The highest BCUT2D eigenvalue weighted by molar-refractivity contribution is 5.28. The van der Waals surface area contributed by atoms with Gasteiger partial charge in [-0.05, 0) is 25.3 Å². The highest BCUT2D eigenvalue weighted by Crippen LogP contribution is 2.28. The zero-order valence-electron chi connectivity index (χ0n) is 9.40. The van der Waals surface area contributed by atoms with E-state index in [4.69, 9.17) is 9.47 Å². The fraction of sp³-hybridized carbons (Fsp3) is 0.538. The Morgan fingerprint density at radius 3 is 2.87 bits per heavy atom. The molecule has 1 aliphatic heterocycles. The van der Waals surface area contributed by atoms with E-state index in [1.807, 2.05) is 6.07 Å². The molecule has 2 heteroatoms. The Hall–Kier alpha value is -0.860. The van der Waals surface area contributed by atoms with E-state index in [9.17, 15) is 0 Å². The van der Waals surface area contributed by atoms with Crippen molar-refractivity contribution in [2.24, 2.45) is 0 Å². The lowest BCUT2D eigenvalue weighted by molar-refractivity contribution is -0.212. The normalized spacial score (nSPS) is 26.5. The van der Waals surface area contributed by atoms with Crippen LogP contribution in [-0.2, 0) is 15.9 Å². The fourth-order valence-corrected chi connectivity index (χ4v) is 1.91. The molecule has 2 rings (SSSR count). The summed E-state index contributed by atoms with van der Waals surface area (Å²) in [4.78, 5) is 0. The van der Waals surface area contributed by atoms with E-state index in [-0.39, 0.29) is 6.29 Å². The van der Waals surface area contributed by atoms with Crippen molar-refractivity contribution in [3.8, 4) is 0 Å². The van der Waals surface area contributed by atoms with Gasteiger partial charge in [-0.2, -0.15) is 0 Å². The molecular weight excluding hydrogens is 188 g/mol. The molecule has 2 nitrogen and oxygen atoms in total. The molecule has 1 saturated heterocycles. The average molecular weight is 206 g/mol. The van der Waals surface area contributed by atoms with Crippen LogP contribution in [0.2, 0.25) is 0 Å². The maximum atomic E-state index is 5.79. The van der Waals surface area contributed by atoms with Crippen molar-refractivity contribution in [3.05, 3.63) is 35.4 Å². The quantitative estimate of drug-likeness (QED) is 0.740. The third kappa shape index (κ3) is 2.39. The van der Waals surface area contributed by atoms with E-state index in [1.165, 1.54) is 11.1 Å². The molecule has 82 valence electrons. The van der Waals surface area contributed by atoms with Gasteiger partial charge < -0.3 is 9.47 Å². The number of rotatable bonds is 2. The van der Waals surface area contributed by atoms with Crippen molar-refractivity contribution in [3.63, 3.8) is 0 Å². The van der Waals surface area contributed by atoms with E-state index < -0.39 is 0 Å². The molecule has 1 aromatic rings. The minimum Gasteiger partial charge on any atom is -0.348 e. The third-order valence-corrected chi connectivity index (χ3v) is 2.84. The van der Waals surface area contributed by atoms with Crippen LogP contribution in [0, 0.1) is 0 Å². The summed E-state index contributed by atoms with van der Waals surface area (Å²) in [5.74, 6) is 0. The van der Waals surface area contributed by atoms with Gasteiger partial charge in [-0.15, -0.1) is 0 Å². The van der Waals surface area contributed by atoms with Crippen LogP contribution in [0.3, 0.4) is 0 Å². The van der Waals surface area contributed by atoms with E-state index in [0.29, 0.717) is 6.10 Å². The third-order valence-electron chi connectivity index (χ3n) is 2.84. The van der Waals surface area contributed by atoms with Gasteiger partial charge in [-0.3, -0.25) is 0 Å².